The van der Waals surface area contributed by atoms with Gasteiger partial charge in [0.05, 0.1) is 40.1 Å². The van der Waals surface area contributed by atoms with Gasteiger partial charge in [-0.1, -0.05) is 51.0 Å². The smallest absolute Gasteiger partial charge is 0.319 e. The Morgan fingerprint density at radius 1 is 1.08 bits per heavy atom. The van der Waals surface area contributed by atoms with Crippen molar-refractivity contribution in [3.8, 4) is 46.1 Å². The number of carbonyl (C=O) groups excluding carboxylic acids is 1. The van der Waals surface area contributed by atoms with E-state index in [2.05, 4.69) is 48.6 Å². The van der Waals surface area contributed by atoms with Gasteiger partial charge in [0.25, 0.3) is 11.5 Å². The number of anilines is 2. The van der Waals surface area contributed by atoms with Crippen LogP contribution in [0.2, 0.25) is 0 Å². The van der Waals surface area contributed by atoms with Crippen molar-refractivity contribution in [2.45, 2.75) is 97.2 Å². The van der Waals surface area contributed by atoms with Crippen LogP contribution in [-0.4, -0.2) is 97.3 Å². The third-order valence-corrected chi connectivity index (χ3v) is 18.0. The molecule has 4 aromatic heterocycles. The first-order valence-corrected chi connectivity index (χ1v) is 26.8. The number of rotatable bonds is 9. The minimum absolute atomic E-state index is 0.0568. The highest BCUT2D eigenvalue weighted by Crippen LogP contribution is 2.47. The summed E-state index contributed by atoms with van der Waals surface area (Å²) in [5.74, 6) is 7.71. The molecular formula is C59H57FN8O6S. The summed E-state index contributed by atoms with van der Waals surface area (Å²) in [7, 11) is 0. The number of benzene rings is 3. The fourth-order valence-electron chi connectivity index (χ4n) is 13.0. The lowest BCUT2D eigenvalue weighted by Crippen LogP contribution is -2.55. The Bertz CT molecular complexity index is 3840. The lowest BCUT2D eigenvalue weighted by atomic mass is 9.92. The standard InChI is InChI=1S/C59H57FN8O6S/c1-8-37-40-21-36(12-15-45(40)62-50-43(37)26-68-46(50)22-41-44(57(68)71)27-72-34(7)52(41)69)74-33(6)32(5)56(70)65-18-19-67(31(4)25-65)55-42-20-35-11-14-39-48-38(13-10-30(3)53(48)75-54(39)61)47(35)49(60)51(42)63-58(64-55)73-28-59-16-9-17-66(59)24-29(2)23-59/h10,12-13,15,20-22,29,31,33,52,69H,5,7-9,16-19,23-28,61H2,1-4,6H3/t29?,31-,33?,52?,59-/m0/s1. The number of ether oxygens (including phenoxy) is 3. The van der Waals surface area contributed by atoms with Gasteiger partial charge in [-0.25, -0.2) is 9.37 Å². The molecule has 0 radical (unpaired) electrons. The van der Waals surface area contributed by atoms with E-state index in [1.54, 1.807) is 9.47 Å². The average molecular weight is 1030 g/mol. The Hall–Kier alpha value is -7.32. The van der Waals surface area contributed by atoms with Gasteiger partial charge in [-0.15, -0.1) is 11.3 Å². The molecule has 6 aliphatic rings. The second kappa shape index (κ2) is 17.4. The Morgan fingerprint density at radius 2 is 1.92 bits per heavy atom. The molecule has 3 aromatic carbocycles. The van der Waals surface area contributed by atoms with Crippen LogP contribution in [0.4, 0.5) is 15.2 Å². The maximum atomic E-state index is 17.7. The van der Waals surface area contributed by atoms with Crippen molar-refractivity contribution >= 4 is 60.0 Å². The highest BCUT2D eigenvalue weighted by Gasteiger charge is 2.48. The second-order valence-electron chi connectivity index (χ2n) is 21.5. The van der Waals surface area contributed by atoms with Gasteiger partial charge in [0.15, 0.2) is 5.82 Å². The van der Waals surface area contributed by atoms with E-state index in [9.17, 15) is 14.7 Å². The third-order valence-electron chi connectivity index (χ3n) is 16.8. The van der Waals surface area contributed by atoms with E-state index >= 15 is 4.39 Å². The number of aliphatic hydroxyl groups is 1. The molecule has 382 valence electrons. The number of aryl methyl sites for hydroxylation is 2. The van der Waals surface area contributed by atoms with E-state index in [0.717, 1.165) is 70.0 Å². The first-order valence-electron chi connectivity index (χ1n) is 26.0. The lowest BCUT2D eigenvalue weighted by Gasteiger charge is -2.41. The number of nitrogens with two attached hydrogens (primary N) is 1. The molecule has 0 spiro atoms. The second-order valence-corrected chi connectivity index (χ2v) is 22.5. The minimum atomic E-state index is -1.09. The van der Waals surface area contributed by atoms with Crippen molar-refractivity contribution in [1.29, 1.82) is 0 Å². The SMILES string of the molecule is C=C(C(=O)N1CCN(c2nc(OC[C@@]34CCCN3CC(C)C4)nc3c(F)c4c(cc23)C#Cc2c(N)sc3c(C)ccc-4c23)[C@@H](C)C1)C(C)Oc1ccc2nc3c(c(CC)c2c1)Cn1c-3cc2c(c1=O)COC(=C)C2O. The zero-order valence-corrected chi connectivity index (χ0v) is 43.5. The number of nitrogen functional groups attached to an aromatic ring is 1. The molecule has 13 rings (SSSR count). The summed E-state index contributed by atoms with van der Waals surface area (Å²) in [6, 6.07) is 13.2. The first kappa shape index (κ1) is 47.4. The van der Waals surface area contributed by atoms with Gasteiger partial charge in [-0.3, -0.25) is 14.5 Å². The number of halogens is 1. The summed E-state index contributed by atoms with van der Waals surface area (Å²) in [4.78, 5) is 49.6. The summed E-state index contributed by atoms with van der Waals surface area (Å²) in [5.41, 5.74) is 15.1. The van der Waals surface area contributed by atoms with Crippen molar-refractivity contribution in [3.63, 3.8) is 0 Å². The molecule has 5 aliphatic heterocycles. The molecule has 3 saturated heterocycles. The lowest BCUT2D eigenvalue weighted by molar-refractivity contribution is -0.128. The Balaban J connectivity index is 0.772. The third kappa shape index (κ3) is 7.29. The van der Waals surface area contributed by atoms with E-state index in [4.69, 9.17) is 34.9 Å². The molecule has 3 fully saturated rings. The summed E-state index contributed by atoms with van der Waals surface area (Å²) >= 11 is 1.48. The fourth-order valence-corrected chi connectivity index (χ4v) is 14.0. The van der Waals surface area contributed by atoms with E-state index in [1.165, 1.54) is 11.3 Å². The molecule has 75 heavy (non-hydrogen) atoms. The molecule has 0 saturated carbocycles. The minimum Gasteiger partial charge on any atom is -0.491 e. The highest BCUT2D eigenvalue weighted by molar-refractivity contribution is 7.23. The van der Waals surface area contributed by atoms with Crippen molar-refractivity contribution in [2.24, 2.45) is 5.92 Å². The molecule has 1 amide bonds. The van der Waals surface area contributed by atoms with Crippen LogP contribution in [-0.2, 0) is 29.1 Å². The summed E-state index contributed by atoms with van der Waals surface area (Å²) in [6.07, 6.45) is 2.06. The molecule has 16 heteroatoms. The van der Waals surface area contributed by atoms with Gasteiger partial charge in [-0.2, -0.15) is 9.97 Å². The predicted molar refractivity (Wildman–Crippen MR) is 290 cm³/mol. The highest BCUT2D eigenvalue weighted by atomic mass is 32.1. The van der Waals surface area contributed by atoms with Crippen LogP contribution in [0.25, 0.3) is 54.4 Å². The number of aromatic nitrogens is 4. The van der Waals surface area contributed by atoms with Crippen LogP contribution in [0, 0.1) is 30.5 Å². The topological polar surface area (TPSA) is 161 Å². The Kier molecular flexibility index (Phi) is 11.0. The number of pyridine rings is 2. The Morgan fingerprint density at radius 3 is 2.73 bits per heavy atom. The maximum Gasteiger partial charge on any atom is 0.319 e. The van der Waals surface area contributed by atoms with Crippen molar-refractivity contribution in [2.75, 3.05) is 50.0 Å². The number of thiophene rings is 1. The molecule has 3 N–H and O–H groups in total. The van der Waals surface area contributed by atoms with Crippen LogP contribution < -0.4 is 25.7 Å². The zero-order valence-electron chi connectivity index (χ0n) is 42.7. The molecule has 0 bridgehead atoms. The number of piperazine rings is 1. The van der Waals surface area contributed by atoms with Gasteiger partial charge in [0, 0.05) is 80.9 Å². The van der Waals surface area contributed by atoms with Crippen molar-refractivity contribution in [1.82, 2.24) is 29.3 Å². The van der Waals surface area contributed by atoms with Crippen LogP contribution in [0.5, 0.6) is 11.8 Å². The van der Waals surface area contributed by atoms with E-state index in [0.29, 0.717) is 117 Å². The quantitative estimate of drug-likeness (QED) is 0.105. The number of amides is 1. The number of hydrogen-bond acceptors (Lipinski definition) is 13. The number of carbonyl (C=O) groups is 1. The summed E-state index contributed by atoms with van der Waals surface area (Å²) < 4.78 is 39.0. The van der Waals surface area contributed by atoms with Gasteiger partial charge >= 0.3 is 6.01 Å². The molecule has 5 atom stereocenters. The molecule has 3 unspecified atom stereocenters. The largest absolute Gasteiger partial charge is 0.491 e. The molecular weight excluding hydrogens is 968 g/mol. The number of hydrogen-bond donors (Lipinski definition) is 2. The van der Waals surface area contributed by atoms with Crippen LogP contribution >= 0.6 is 11.3 Å². The van der Waals surface area contributed by atoms with Crippen LogP contribution in [0.1, 0.15) is 92.0 Å². The maximum absolute atomic E-state index is 17.7. The van der Waals surface area contributed by atoms with Gasteiger partial charge in [0.2, 0.25) is 0 Å². The zero-order chi connectivity index (χ0) is 51.9. The van der Waals surface area contributed by atoms with Crippen LogP contribution in [0.15, 0.2) is 71.7 Å². The predicted octanol–water partition coefficient (Wildman–Crippen LogP) is 8.95. The van der Waals surface area contributed by atoms with Gasteiger partial charge in [0.1, 0.15) is 53.3 Å². The van der Waals surface area contributed by atoms with Gasteiger partial charge in [-0.05, 0) is 106 Å². The van der Waals surface area contributed by atoms with E-state index in [1.807, 2.05) is 63.2 Å². The van der Waals surface area contributed by atoms with E-state index in [-0.39, 0.29) is 46.9 Å². The first-order chi connectivity index (χ1) is 36.1. The molecule has 9 heterocycles. The number of nitrogens with zero attached hydrogens (tertiary/aromatic N) is 7. The van der Waals surface area contributed by atoms with Crippen LogP contribution in [0.3, 0.4) is 0 Å². The van der Waals surface area contributed by atoms with Crippen molar-refractivity contribution < 1.29 is 28.5 Å². The molecule has 7 aromatic rings. The summed E-state index contributed by atoms with van der Waals surface area (Å²) in [6.45, 7) is 22.3. The number of aliphatic hydroxyl groups excluding tert-OH is 1. The van der Waals surface area contributed by atoms with E-state index < -0.39 is 18.0 Å². The Labute approximate surface area is 437 Å². The van der Waals surface area contributed by atoms with Gasteiger partial charge < -0.3 is 39.4 Å². The molecule has 14 nitrogen and oxygen atoms in total. The fraction of sp³-hybridized carbons (Fsp3) is 0.373. The normalized spacial score (nSPS) is 21.7. The molecule has 1 aliphatic carbocycles. The monoisotopic (exact) mass is 1020 g/mol. The summed E-state index contributed by atoms with van der Waals surface area (Å²) in [5, 5.41) is 13.7. The average Bonchev–Trinajstić information content (AvgIpc) is 4.12. The number of fused-ring (bicyclic) bond motifs is 9. The van der Waals surface area contributed by atoms with Crippen molar-refractivity contribution in [3.05, 3.63) is 122 Å².